The van der Waals surface area contributed by atoms with Gasteiger partial charge in [-0.25, -0.2) is 0 Å². The Morgan fingerprint density at radius 2 is 1.96 bits per heavy atom. The van der Waals surface area contributed by atoms with Crippen LogP contribution in [-0.4, -0.2) is 25.0 Å². The zero-order valence-electron chi connectivity index (χ0n) is 15.2. The largest absolute Gasteiger partial charge is 0.494 e. The number of amides is 2. The molecule has 0 radical (unpaired) electrons. The van der Waals surface area contributed by atoms with Gasteiger partial charge < -0.3 is 15.0 Å². The zero-order chi connectivity index (χ0) is 18.5. The summed E-state index contributed by atoms with van der Waals surface area (Å²) in [6.07, 6.45) is 2.44. The molecular formula is C21H24N2O3. The highest BCUT2D eigenvalue weighted by atomic mass is 16.5. The van der Waals surface area contributed by atoms with E-state index in [0.29, 0.717) is 18.6 Å². The lowest BCUT2D eigenvalue weighted by Gasteiger charge is -2.16. The van der Waals surface area contributed by atoms with Crippen molar-refractivity contribution in [3.63, 3.8) is 0 Å². The van der Waals surface area contributed by atoms with Crippen LogP contribution in [0.5, 0.6) is 5.75 Å². The Morgan fingerprint density at radius 3 is 2.58 bits per heavy atom. The minimum absolute atomic E-state index is 0.142. The van der Waals surface area contributed by atoms with Gasteiger partial charge in [-0.1, -0.05) is 6.92 Å². The van der Waals surface area contributed by atoms with Gasteiger partial charge in [0.25, 0.3) is 5.91 Å². The van der Waals surface area contributed by atoms with Gasteiger partial charge >= 0.3 is 0 Å². The van der Waals surface area contributed by atoms with Crippen LogP contribution in [0.1, 0.15) is 42.1 Å². The first-order valence-electron chi connectivity index (χ1n) is 9.03. The number of hydrogen-bond donors (Lipinski definition) is 1. The van der Waals surface area contributed by atoms with E-state index in [9.17, 15) is 9.59 Å². The zero-order valence-corrected chi connectivity index (χ0v) is 15.2. The summed E-state index contributed by atoms with van der Waals surface area (Å²) in [5.74, 6) is 0.778. The third-order valence-corrected chi connectivity index (χ3v) is 4.43. The Morgan fingerprint density at radius 1 is 1.19 bits per heavy atom. The lowest BCUT2D eigenvalue weighted by molar-refractivity contribution is -0.117. The quantitative estimate of drug-likeness (QED) is 0.849. The van der Waals surface area contributed by atoms with Gasteiger partial charge in [-0.05, 0) is 67.8 Å². The molecule has 26 heavy (non-hydrogen) atoms. The number of anilines is 2. The third-order valence-electron chi connectivity index (χ3n) is 4.43. The first kappa shape index (κ1) is 18.0. The van der Waals surface area contributed by atoms with Gasteiger partial charge in [0.1, 0.15) is 5.75 Å². The molecule has 5 nitrogen and oxygen atoms in total. The average molecular weight is 352 g/mol. The Bertz CT molecular complexity index is 799. The first-order valence-corrected chi connectivity index (χ1v) is 9.03. The number of benzene rings is 2. The van der Waals surface area contributed by atoms with Gasteiger partial charge in [0.2, 0.25) is 5.91 Å². The van der Waals surface area contributed by atoms with E-state index in [0.717, 1.165) is 42.1 Å². The van der Waals surface area contributed by atoms with Crippen molar-refractivity contribution >= 4 is 23.2 Å². The van der Waals surface area contributed by atoms with E-state index in [1.54, 1.807) is 17.0 Å². The van der Waals surface area contributed by atoms with Crippen LogP contribution in [0.3, 0.4) is 0 Å². The SMILES string of the molecule is CCCOc1ccc(NC(=O)c2ccc(N3CCCC3=O)cc2)c(C)c1. The van der Waals surface area contributed by atoms with Gasteiger partial charge in [0.05, 0.1) is 6.61 Å². The number of carbonyl (C=O) groups excluding carboxylic acids is 2. The highest BCUT2D eigenvalue weighted by molar-refractivity contribution is 6.05. The predicted octanol–water partition coefficient (Wildman–Crippen LogP) is 4.16. The van der Waals surface area contributed by atoms with Crippen molar-refractivity contribution in [2.24, 2.45) is 0 Å². The van der Waals surface area contributed by atoms with Crippen LogP contribution in [0.25, 0.3) is 0 Å². The number of aryl methyl sites for hydroxylation is 1. The lowest BCUT2D eigenvalue weighted by Crippen LogP contribution is -2.23. The van der Waals surface area contributed by atoms with Gasteiger partial charge in [0, 0.05) is 29.9 Å². The molecule has 1 saturated heterocycles. The fourth-order valence-electron chi connectivity index (χ4n) is 2.99. The van der Waals surface area contributed by atoms with Crippen molar-refractivity contribution in [3.05, 3.63) is 53.6 Å². The molecular weight excluding hydrogens is 328 g/mol. The van der Waals surface area contributed by atoms with Gasteiger partial charge in [-0.3, -0.25) is 9.59 Å². The van der Waals surface area contributed by atoms with Crippen LogP contribution in [0.2, 0.25) is 0 Å². The van der Waals surface area contributed by atoms with E-state index in [1.165, 1.54) is 0 Å². The molecule has 2 aromatic rings. The second-order valence-corrected chi connectivity index (χ2v) is 6.48. The van der Waals surface area contributed by atoms with Crippen molar-refractivity contribution in [3.8, 4) is 5.75 Å². The molecule has 1 aliphatic rings. The van der Waals surface area contributed by atoms with Crippen LogP contribution in [-0.2, 0) is 4.79 Å². The summed E-state index contributed by atoms with van der Waals surface area (Å²) in [4.78, 5) is 26.1. The third kappa shape index (κ3) is 4.04. The van der Waals surface area contributed by atoms with Gasteiger partial charge in [-0.15, -0.1) is 0 Å². The predicted molar refractivity (Wildman–Crippen MR) is 103 cm³/mol. The molecule has 0 atom stereocenters. The van der Waals surface area contributed by atoms with Crippen LogP contribution in [0.15, 0.2) is 42.5 Å². The van der Waals surface area contributed by atoms with Crippen molar-refractivity contribution in [2.75, 3.05) is 23.4 Å². The Hall–Kier alpha value is -2.82. The summed E-state index contributed by atoms with van der Waals surface area (Å²) in [6.45, 7) is 5.43. The molecule has 0 aliphatic carbocycles. The number of hydrogen-bond acceptors (Lipinski definition) is 3. The molecule has 0 spiro atoms. The summed E-state index contributed by atoms with van der Waals surface area (Å²) >= 11 is 0. The minimum atomic E-state index is -0.172. The van der Waals surface area contributed by atoms with Crippen molar-refractivity contribution in [1.29, 1.82) is 0 Å². The molecule has 1 fully saturated rings. The van der Waals surface area contributed by atoms with E-state index >= 15 is 0 Å². The molecule has 0 unspecified atom stereocenters. The van der Waals surface area contributed by atoms with Crippen LogP contribution < -0.4 is 15.0 Å². The fourth-order valence-corrected chi connectivity index (χ4v) is 2.99. The fraction of sp³-hybridized carbons (Fsp3) is 0.333. The molecule has 0 aromatic heterocycles. The minimum Gasteiger partial charge on any atom is -0.494 e. The molecule has 5 heteroatoms. The van der Waals surface area contributed by atoms with Gasteiger partial charge in [-0.2, -0.15) is 0 Å². The Kier molecular flexibility index (Phi) is 5.56. The van der Waals surface area contributed by atoms with Gasteiger partial charge in [0.15, 0.2) is 0 Å². The molecule has 3 rings (SSSR count). The van der Waals surface area contributed by atoms with Crippen LogP contribution in [0.4, 0.5) is 11.4 Å². The molecule has 0 bridgehead atoms. The summed E-state index contributed by atoms with van der Waals surface area (Å²) in [5, 5.41) is 2.93. The highest BCUT2D eigenvalue weighted by Crippen LogP contribution is 2.24. The van der Waals surface area contributed by atoms with Crippen LogP contribution >= 0.6 is 0 Å². The maximum atomic E-state index is 12.5. The van der Waals surface area contributed by atoms with E-state index in [2.05, 4.69) is 12.2 Å². The molecule has 1 N–H and O–H groups in total. The number of ether oxygens (including phenoxy) is 1. The Labute approximate surface area is 154 Å². The maximum absolute atomic E-state index is 12.5. The normalized spacial score (nSPS) is 13.8. The first-order chi connectivity index (χ1) is 12.6. The monoisotopic (exact) mass is 352 g/mol. The standard InChI is InChI=1S/C21H24N2O3/c1-3-13-26-18-10-11-19(15(2)14-18)22-21(25)16-6-8-17(9-7-16)23-12-4-5-20(23)24/h6-11,14H,3-5,12-13H2,1-2H3,(H,22,25). The average Bonchev–Trinajstić information content (AvgIpc) is 3.08. The van der Waals surface area contributed by atoms with Crippen molar-refractivity contribution in [1.82, 2.24) is 0 Å². The number of nitrogens with one attached hydrogen (secondary N) is 1. The molecule has 0 saturated carbocycles. The molecule has 2 aromatic carbocycles. The summed E-state index contributed by atoms with van der Waals surface area (Å²) < 4.78 is 5.61. The van der Waals surface area contributed by atoms with Crippen molar-refractivity contribution in [2.45, 2.75) is 33.1 Å². The topological polar surface area (TPSA) is 58.6 Å². The molecule has 136 valence electrons. The molecule has 2 amide bonds. The molecule has 1 aliphatic heterocycles. The smallest absolute Gasteiger partial charge is 0.255 e. The second-order valence-electron chi connectivity index (χ2n) is 6.48. The van der Waals surface area contributed by atoms with E-state index in [-0.39, 0.29) is 11.8 Å². The van der Waals surface area contributed by atoms with E-state index in [4.69, 9.17) is 4.74 Å². The van der Waals surface area contributed by atoms with E-state index < -0.39 is 0 Å². The number of rotatable bonds is 6. The molecule has 1 heterocycles. The highest BCUT2D eigenvalue weighted by Gasteiger charge is 2.21. The summed E-state index contributed by atoms with van der Waals surface area (Å²) in [5.41, 5.74) is 3.12. The number of nitrogens with zero attached hydrogens (tertiary/aromatic N) is 1. The van der Waals surface area contributed by atoms with Crippen LogP contribution in [0, 0.1) is 6.92 Å². The second kappa shape index (κ2) is 8.04. The summed E-state index contributed by atoms with van der Waals surface area (Å²) in [6, 6.07) is 12.8. The maximum Gasteiger partial charge on any atom is 0.255 e. The summed E-state index contributed by atoms with van der Waals surface area (Å²) in [7, 11) is 0. The van der Waals surface area contributed by atoms with Crippen molar-refractivity contribution < 1.29 is 14.3 Å². The Balaban J connectivity index is 1.67. The number of carbonyl (C=O) groups is 2. The van der Waals surface area contributed by atoms with E-state index in [1.807, 2.05) is 37.3 Å². The lowest BCUT2D eigenvalue weighted by atomic mass is 10.1.